The Labute approximate surface area is 99.2 Å². The number of nitrogens with zero attached hydrogens (tertiary/aromatic N) is 1. The number of H-pyrrole nitrogens is 1. The molecular weight excluding hydrogens is 220 g/mol. The van der Waals surface area contributed by atoms with Gasteiger partial charge in [-0.1, -0.05) is 13.8 Å². The molecule has 2 amide bonds. The zero-order valence-corrected chi connectivity index (χ0v) is 9.91. The fourth-order valence-corrected chi connectivity index (χ4v) is 1.72. The predicted octanol–water partition coefficient (Wildman–Crippen LogP) is 0.750. The lowest BCUT2D eigenvalue weighted by atomic mass is 10.1. The third kappa shape index (κ3) is 2.64. The Hall–Kier alpha value is -1.85. The van der Waals surface area contributed by atoms with Crippen molar-refractivity contribution >= 4 is 17.6 Å². The van der Waals surface area contributed by atoms with Gasteiger partial charge in [-0.2, -0.15) is 0 Å². The molecule has 17 heavy (non-hydrogen) atoms. The van der Waals surface area contributed by atoms with Gasteiger partial charge >= 0.3 is 0 Å². The van der Waals surface area contributed by atoms with E-state index < -0.39 is 0 Å². The molecule has 2 rings (SSSR count). The van der Waals surface area contributed by atoms with Crippen molar-refractivity contribution in [1.82, 2.24) is 15.3 Å². The number of amides is 2. The lowest BCUT2D eigenvalue weighted by Gasteiger charge is -2.21. The number of hydrogen-bond donors (Lipinski definition) is 3. The van der Waals surface area contributed by atoms with Crippen molar-refractivity contribution in [2.45, 2.75) is 38.6 Å². The van der Waals surface area contributed by atoms with E-state index in [4.69, 9.17) is 0 Å². The summed E-state index contributed by atoms with van der Waals surface area (Å²) in [5, 5.41) is 5.35. The number of hydrogen-bond acceptors (Lipinski definition) is 4. The molecule has 2 heterocycles. The molecule has 0 aromatic carbocycles. The average Bonchev–Trinajstić information content (AvgIpc) is 2.71. The molecule has 1 aromatic heterocycles. The molecule has 1 fully saturated rings. The Bertz CT molecular complexity index is 438. The fraction of sp³-hybridized carbons (Fsp3) is 0.545. The summed E-state index contributed by atoms with van der Waals surface area (Å²) in [4.78, 5) is 29.8. The van der Waals surface area contributed by atoms with E-state index in [1.165, 1.54) is 0 Å². The van der Waals surface area contributed by atoms with Gasteiger partial charge in [-0.3, -0.25) is 14.9 Å². The van der Waals surface area contributed by atoms with Crippen molar-refractivity contribution < 1.29 is 9.59 Å². The van der Waals surface area contributed by atoms with Crippen molar-refractivity contribution in [3.8, 4) is 0 Å². The SMILES string of the molecule is CC(C)c1ncc(NC2CCC(=O)NC2=O)[nH]1. The minimum absolute atomic E-state index is 0.208. The molecule has 92 valence electrons. The molecule has 0 spiro atoms. The summed E-state index contributed by atoms with van der Waals surface area (Å²) in [6.07, 6.45) is 2.55. The second-order valence-corrected chi connectivity index (χ2v) is 4.48. The molecule has 1 aliphatic heterocycles. The van der Waals surface area contributed by atoms with Crippen molar-refractivity contribution in [2.24, 2.45) is 0 Å². The standard InChI is InChI=1S/C11H16N4O2/c1-6(2)10-12-5-8(14-10)13-7-3-4-9(16)15-11(7)17/h5-7,13H,3-4H2,1-2H3,(H,12,14)(H,15,16,17). The molecule has 1 atom stereocenters. The lowest BCUT2D eigenvalue weighted by molar-refractivity contribution is -0.133. The molecule has 0 radical (unpaired) electrons. The molecule has 1 aliphatic rings. The van der Waals surface area contributed by atoms with E-state index in [0.717, 1.165) is 5.82 Å². The molecule has 1 unspecified atom stereocenters. The minimum Gasteiger partial charge on any atom is -0.359 e. The third-order valence-electron chi connectivity index (χ3n) is 2.71. The van der Waals surface area contributed by atoms with Gasteiger partial charge in [-0.15, -0.1) is 0 Å². The number of aromatic amines is 1. The van der Waals surface area contributed by atoms with Gasteiger partial charge in [0, 0.05) is 12.3 Å². The second-order valence-electron chi connectivity index (χ2n) is 4.48. The molecule has 6 nitrogen and oxygen atoms in total. The van der Waals surface area contributed by atoms with Crippen molar-refractivity contribution in [3.05, 3.63) is 12.0 Å². The van der Waals surface area contributed by atoms with Crippen molar-refractivity contribution in [2.75, 3.05) is 5.32 Å². The van der Waals surface area contributed by atoms with Gasteiger partial charge in [0.25, 0.3) is 0 Å². The summed E-state index contributed by atoms with van der Waals surface area (Å²) >= 11 is 0. The number of piperidine rings is 1. The first-order chi connectivity index (χ1) is 8.06. The van der Waals surface area contributed by atoms with Crippen LogP contribution in [0.25, 0.3) is 0 Å². The van der Waals surface area contributed by atoms with E-state index in [9.17, 15) is 9.59 Å². The first kappa shape index (κ1) is 11.6. The van der Waals surface area contributed by atoms with Crippen LogP contribution in [0.5, 0.6) is 0 Å². The quantitative estimate of drug-likeness (QED) is 0.676. The molecule has 0 saturated carbocycles. The molecule has 1 saturated heterocycles. The largest absolute Gasteiger partial charge is 0.359 e. The highest BCUT2D eigenvalue weighted by Gasteiger charge is 2.26. The summed E-state index contributed by atoms with van der Waals surface area (Å²) in [5.41, 5.74) is 0. The Balaban J connectivity index is 2.00. The van der Waals surface area contributed by atoms with Gasteiger partial charge in [0.05, 0.1) is 6.20 Å². The zero-order chi connectivity index (χ0) is 12.4. The van der Waals surface area contributed by atoms with E-state index in [1.54, 1.807) is 6.20 Å². The minimum atomic E-state index is -0.367. The van der Waals surface area contributed by atoms with E-state index >= 15 is 0 Å². The van der Waals surface area contributed by atoms with E-state index in [-0.39, 0.29) is 17.9 Å². The Kier molecular flexibility index (Phi) is 3.12. The highest BCUT2D eigenvalue weighted by Crippen LogP contribution is 2.15. The van der Waals surface area contributed by atoms with Gasteiger partial charge in [0.2, 0.25) is 11.8 Å². The highest BCUT2D eigenvalue weighted by molar-refractivity contribution is 6.01. The maximum absolute atomic E-state index is 11.5. The van der Waals surface area contributed by atoms with Gasteiger partial charge in [-0.05, 0) is 6.42 Å². The van der Waals surface area contributed by atoms with Gasteiger partial charge in [-0.25, -0.2) is 4.98 Å². The highest BCUT2D eigenvalue weighted by atomic mass is 16.2. The van der Waals surface area contributed by atoms with Crippen LogP contribution in [-0.2, 0) is 9.59 Å². The van der Waals surface area contributed by atoms with Crippen LogP contribution < -0.4 is 10.6 Å². The number of nitrogens with one attached hydrogen (secondary N) is 3. The second kappa shape index (κ2) is 4.57. The lowest BCUT2D eigenvalue weighted by Crippen LogP contribution is -2.47. The molecular formula is C11H16N4O2. The topological polar surface area (TPSA) is 86.9 Å². The maximum atomic E-state index is 11.5. The van der Waals surface area contributed by atoms with Crippen molar-refractivity contribution in [1.29, 1.82) is 0 Å². The van der Waals surface area contributed by atoms with E-state index in [2.05, 4.69) is 20.6 Å². The number of aromatic nitrogens is 2. The number of carbonyl (C=O) groups is 2. The monoisotopic (exact) mass is 236 g/mol. The van der Waals surface area contributed by atoms with Gasteiger partial charge in [0.15, 0.2) is 0 Å². The number of imidazole rings is 1. The molecule has 0 bridgehead atoms. The number of imide groups is 1. The third-order valence-corrected chi connectivity index (χ3v) is 2.71. The number of carbonyl (C=O) groups excluding carboxylic acids is 2. The normalized spacial score (nSPS) is 20.5. The van der Waals surface area contributed by atoms with E-state index in [0.29, 0.717) is 24.6 Å². The molecule has 0 aliphatic carbocycles. The number of rotatable bonds is 3. The Morgan fingerprint density at radius 3 is 2.82 bits per heavy atom. The first-order valence-electron chi connectivity index (χ1n) is 5.71. The molecule has 3 N–H and O–H groups in total. The van der Waals surface area contributed by atoms with Crippen LogP contribution in [0, 0.1) is 0 Å². The molecule has 6 heteroatoms. The summed E-state index contributed by atoms with van der Waals surface area (Å²) in [7, 11) is 0. The van der Waals surface area contributed by atoms with Gasteiger partial charge in [0.1, 0.15) is 17.7 Å². The van der Waals surface area contributed by atoms with E-state index in [1.807, 2.05) is 13.8 Å². The predicted molar refractivity (Wildman–Crippen MR) is 62.5 cm³/mol. The van der Waals surface area contributed by atoms with Crippen LogP contribution in [-0.4, -0.2) is 27.8 Å². The Morgan fingerprint density at radius 1 is 1.47 bits per heavy atom. The van der Waals surface area contributed by atoms with Crippen molar-refractivity contribution in [3.63, 3.8) is 0 Å². The summed E-state index contributed by atoms with van der Waals surface area (Å²) < 4.78 is 0. The summed E-state index contributed by atoms with van der Waals surface area (Å²) in [6.45, 7) is 4.07. The summed E-state index contributed by atoms with van der Waals surface area (Å²) in [5.74, 6) is 1.41. The average molecular weight is 236 g/mol. The smallest absolute Gasteiger partial charge is 0.249 e. The van der Waals surface area contributed by atoms with Crippen LogP contribution in [0.4, 0.5) is 5.82 Å². The maximum Gasteiger partial charge on any atom is 0.249 e. The molecule has 1 aromatic rings. The zero-order valence-electron chi connectivity index (χ0n) is 9.91. The number of anilines is 1. The fourth-order valence-electron chi connectivity index (χ4n) is 1.72. The van der Waals surface area contributed by atoms with Crippen LogP contribution in [0.15, 0.2) is 6.20 Å². The Morgan fingerprint density at radius 2 is 2.24 bits per heavy atom. The van der Waals surface area contributed by atoms with Crippen LogP contribution in [0.2, 0.25) is 0 Å². The summed E-state index contributed by atoms with van der Waals surface area (Å²) in [6, 6.07) is -0.367. The van der Waals surface area contributed by atoms with Crippen LogP contribution in [0.3, 0.4) is 0 Å². The van der Waals surface area contributed by atoms with Crippen LogP contribution in [0.1, 0.15) is 38.4 Å². The van der Waals surface area contributed by atoms with Crippen LogP contribution >= 0.6 is 0 Å². The van der Waals surface area contributed by atoms with Gasteiger partial charge < -0.3 is 10.3 Å². The first-order valence-corrected chi connectivity index (χ1v) is 5.71.